The van der Waals surface area contributed by atoms with Crippen molar-refractivity contribution in [1.29, 1.82) is 0 Å². The lowest BCUT2D eigenvalue weighted by atomic mass is 9.96. The van der Waals surface area contributed by atoms with Crippen LogP contribution in [0.3, 0.4) is 0 Å². The monoisotopic (exact) mass is 441 g/mol. The van der Waals surface area contributed by atoms with Gasteiger partial charge in [-0.2, -0.15) is 9.61 Å². The highest BCUT2D eigenvalue weighted by atomic mass is 16.3. The number of rotatable bonds is 6. The molecule has 0 unspecified atom stereocenters. The number of carbonyl (C=O) groups is 2. The van der Waals surface area contributed by atoms with E-state index in [4.69, 9.17) is 0 Å². The number of amides is 2. The van der Waals surface area contributed by atoms with Crippen LogP contribution in [0, 0.1) is 11.8 Å². The minimum absolute atomic E-state index is 0.0704. The molecule has 32 heavy (non-hydrogen) atoms. The number of aromatic nitrogens is 3. The molecular formula is C23H31N5O4. The van der Waals surface area contributed by atoms with Crippen molar-refractivity contribution in [2.75, 3.05) is 13.1 Å². The third kappa shape index (κ3) is 4.42. The van der Waals surface area contributed by atoms with E-state index in [2.05, 4.69) is 16.5 Å². The highest BCUT2D eigenvalue weighted by molar-refractivity contribution is 5.96. The van der Waals surface area contributed by atoms with Crippen molar-refractivity contribution in [2.45, 2.75) is 59.0 Å². The number of hydrogen-bond acceptors (Lipinski definition) is 5. The molecule has 2 fully saturated rings. The molecule has 3 heterocycles. The molecule has 2 aliphatic rings. The number of allylic oxidation sites excluding steroid dienone is 1. The highest BCUT2D eigenvalue weighted by Gasteiger charge is 2.30. The summed E-state index contributed by atoms with van der Waals surface area (Å²) in [4.78, 5) is 39.1. The van der Waals surface area contributed by atoms with Gasteiger partial charge >= 0.3 is 0 Å². The van der Waals surface area contributed by atoms with Crippen molar-refractivity contribution >= 4 is 23.5 Å². The number of piperidine rings is 1. The van der Waals surface area contributed by atoms with Crippen LogP contribution in [0.1, 0.15) is 62.4 Å². The van der Waals surface area contributed by atoms with Gasteiger partial charge in [0.1, 0.15) is 5.65 Å². The van der Waals surface area contributed by atoms with E-state index in [0.29, 0.717) is 23.7 Å². The van der Waals surface area contributed by atoms with Crippen LogP contribution in [0.5, 0.6) is 5.88 Å². The number of aromatic hydroxyl groups is 1. The smallest absolute Gasteiger partial charge is 0.291 e. The van der Waals surface area contributed by atoms with Crippen molar-refractivity contribution in [3.05, 3.63) is 33.8 Å². The minimum atomic E-state index is -0.620. The number of carbonyl (C=O) groups excluding carboxylic acids is 2. The van der Waals surface area contributed by atoms with Crippen LogP contribution in [0.4, 0.5) is 0 Å². The second-order valence-corrected chi connectivity index (χ2v) is 9.29. The van der Waals surface area contributed by atoms with Gasteiger partial charge in [-0.25, -0.2) is 0 Å². The van der Waals surface area contributed by atoms with Crippen LogP contribution >= 0.6 is 0 Å². The Balaban J connectivity index is 1.69. The summed E-state index contributed by atoms with van der Waals surface area (Å²) in [5.74, 6) is -0.277. The van der Waals surface area contributed by atoms with Crippen LogP contribution in [-0.4, -0.2) is 55.1 Å². The van der Waals surface area contributed by atoms with Crippen LogP contribution in [0.25, 0.3) is 11.7 Å². The van der Waals surface area contributed by atoms with Gasteiger partial charge in [0.15, 0.2) is 5.56 Å². The van der Waals surface area contributed by atoms with Crippen LogP contribution in [0.15, 0.2) is 17.1 Å². The molecule has 1 saturated heterocycles. The van der Waals surface area contributed by atoms with E-state index in [1.54, 1.807) is 17.7 Å². The first-order valence-electron chi connectivity index (χ1n) is 11.3. The molecule has 0 aromatic carbocycles. The molecule has 2 aromatic rings. The molecule has 2 aromatic heterocycles. The molecule has 0 bridgehead atoms. The van der Waals surface area contributed by atoms with Crippen LogP contribution in [0.2, 0.25) is 0 Å². The maximum absolute atomic E-state index is 13.1. The van der Waals surface area contributed by atoms with Gasteiger partial charge in [-0.1, -0.05) is 26.0 Å². The van der Waals surface area contributed by atoms with Gasteiger partial charge < -0.3 is 15.3 Å². The normalized spacial score (nSPS) is 17.6. The Kier molecular flexibility index (Phi) is 6.08. The number of likely N-dealkylation sites (tertiary alicyclic amines) is 1. The topological polar surface area (TPSA) is 109 Å². The molecule has 172 valence electrons. The molecule has 0 spiro atoms. The zero-order chi connectivity index (χ0) is 23.0. The van der Waals surface area contributed by atoms with Crippen molar-refractivity contribution in [2.24, 2.45) is 11.8 Å². The summed E-state index contributed by atoms with van der Waals surface area (Å²) >= 11 is 0. The highest BCUT2D eigenvalue weighted by Crippen LogP contribution is 2.26. The Morgan fingerprint density at radius 3 is 2.53 bits per heavy atom. The van der Waals surface area contributed by atoms with E-state index in [0.717, 1.165) is 38.8 Å². The quantitative estimate of drug-likeness (QED) is 0.713. The van der Waals surface area contributed by atoms with Crippen molar-refractivity contribution < 1.29 is 14.7 Å². The molecule has 9 heteroatoms. The summed E-state index contributed by atoms with van der Waals surface area (Å²) in [5, 5.41) is 18.0. The molecule has 4 rings (SSSR count). The minimum Gasteiger partial charge on any atom is -0.494 e. The van der Waals surface area contributed by atoms with Gasteiger partial charge in [0.25, 0.3) is 11.5 Å². The van der Waals surface area contributed by atoms with E-state index >= 15 is 0 Å². The van der Waals surface area contributed by atoms with E-state index in [1.807, 2.05) is 24.8 Å². The summed E-state index contributed by atoms with van der Waals surface area (Å²) < 4.78 is 2.82. The molecular weight excluding hydrogens is 410 g/mol. The van der Waals surface area contributed by atoms with Crippen molar-refractivity contribution in [3.8, 4) is 5.88 Å². The first kappa shape index (κ1) is 22.1. The molecule has 1 aliphatic carbocycles. The van der Waals surface area contributed by atoms with E-state index in [-0.39, 0.29) is 29.3 Å². The first-order valence-corrected chi connectivity index (χ1v) is 11.3. The lowest BCUT2D eigenvalue weighted by molar-refractivity contribution is -0.129. The number of fused-ring (bicyclic) bond motifs is 1. The standard InChI is InChI=1S/C23H31N5O4/c1-14(2)13-27-21-17(5-4-16-8-10-26(11-9-16)15(3)29)12-24-28(21)23(32)19(22(27)31)20(30)25-18-6-7-18/h4-5,12,14,16,18,31H,6-11,13H2,1-3H3,(H,25,30). The third-order valence-corrected chi connectivity index (χ3v) is 6.13. The second-order valence-electron chi connectivity index (χ2n) is 9.29. The number of nitrogens with one attached hydrogen (secondary N) is 1. The zero-order valence-electron chi connectivity index (χ0n) is 18.9. The summed E-state index contributed by atoms with van der Waals surface area (Å²) in [5.41, 5.74) is 0.299. The summed E-state index contributed by atoms with van der Waals surface area (Å²) in [6, 6.07) is 0.0704. The van der Waals surface area contributed by atoms with Crippen LogP contribution in [-0.2, 0) is 11.3 Å². The van der Waals surface area contributed by atoms with Gasteiger partial charge in [-0.15, -0.1) is 0 Å². The van der Waals surface area contributed by atoms with Crippen molar-refractivity contribution in [1.82, 2.24) is 24.4 Å². The van der Waals surface area contributed by atoms with E-state index in [9.17, 15) is 19.5 Å². The fourth-order valence-electron chi connectivity index (χ4n) is 4.20. The summed E-state index contributed by atoms with van der Waals surface area (Å²) in [7, 11) is 0. The maximum atomic E-state index is 13.1. The van der Waals surface area contributed by atoms with Crippen LogP contribution < -0.4 is 10.9 Å². The Morgan fingerprint density at radius 1 is 1.25 bits per heavy atom. The molecule has 0 radical (unpaired) electrons. The fourth-order valence-corrected chi connectivity index (χ4v) is 4.20. The first-order chi connectivity index (χ1) is 15.3. The zero-order valence-corrected chi connectivity index (χ0v) is 18.9. The fraction of sp³-hybridized carbons (Fsp3) is 0.565. The predicted molar refractivity (Wildman–Crippen MR) is 120 cm³/mol. The molecule has 2 amide bonds. The SMILES string of the molecule is CC(=O)N1CCC(C=Cc2cnn3c(=O)c(C(=O)NC4CC4)c(O)n(CC(C)C)c23)CC1. The van der Waals surface area contributed by atoms with Gasteiger partial charge in [0.2, 0.25) is 11.8 Å². The van der Waals surface area contributed by atoms with E-state index in [1.165, 1.54) is 4.52 Å². The largest absolute Gasteiger partial charge is 0.494 e. The Bertz CT molecular complexity index is 1120. The number of nitrogens with zero attached hydrogens (tertiary/aromatic N) is 4. The maximum Gasteiger partial charge on any atom is 0.291 e. The van der Waals surface area contributed by atoms with E-state index < -0.39 is 11.5 Å². The molecule has 2 N–H and O–H groups in total. The summed E-state index contributed by atoms with van der Waals surface area (Å²) in [6.07, 6.45) is 9.14. The molecule has 9 nitrogen and oxygen atoms in total. The summed E-state index contributed by atoms with van der Waals surface area (Å²) in [6.45, 7) is 7.51. The molecule has 1 aliphatic heterocycles. The molecule has 1 saturated carbocycles. The lowest BCUT2D eigenvalue weighted by Gasteiger charge is -2.29. The number of hydrogen-bond donors (Lipinski definition) is 2. The second kappa shape index (κ2) is 8.80. The van der Waals surface area contributed by atoms with Crippen molar-refractivity contribution in [3.63, 3.8) is 0 Å². The predicted octanol–water partition coefficient (Wildman–Crippen LogP) is 2.02. The Hall–Kier alpha value is -3.10. The molecule has 0 atom stereocenters. The van der Waals surface area contributed by atoms with Gasteiger partial charge in [0.05, 0.1) is 6.20 Å². The third-order valence-electron chi connectivity index (χ3n) is 6.13. The Labute approximate surface area is 186 Å². The van der Waals surface area contributed by atoms with Gasteiger partial charge in [-0.3, -0.25) is 19.0 Å². The lowest BCUT2D eigenvalue weighted by Crippen LogP contribution is -2.36. The Morgan fingerprint density at radius 2 is 1.94 bits per heavy atom. The van der Waals surface area contributed by atoms with Gasteiger partial charge in [0, 0.05) is 38.2 Å². The van der Waals surface area contributed by atoms with Gasteiger partial charge in [-0.05, 0) is 37.5 Å². The average Bonchev–Trinajstić information content (AvgIpc) is 3.45. The average molecular weight is 442 g/mol.